The maximum atomic E-state index is 12.1. The van der Waals surface area contributed by atoms with E-state index in [0.29, 0.717) is 23.6 Å². The summed E-state index contributed by atoms with van der Waals surface area (Å²) in [6.45, 7) is 9.89. The van der Waals surface area contributed by atoms with Crippen molar-refractivity contribution in [2.24, 2.45) is 0 Å². The molecule has 0 atom stereocenters. The molecule has 2 rings (SSSR count). The predicted molar refractivity (Wildman–Crippen MR) is 76.8 cm³/mol. The molecular weight excluding hydrogens is 254 g/mol. The fraction of sp³-hybridized carbons (Fsp3) is 0.375. The number of ether oxygens (including phenoxy) is 1. The van der Waals surface area contributed by atoms with Gasteiger partial charge in [0.05, 0.1) is 6.61 Å². The van der Waals surface area contributed by atoms with Crippen molar-refractivity contribution < 1.29 is 14.1 Å². The van der Waals surface area contributed by atoms with Gasteiger partial charge in [-0.25, -0.2) is 4.79 Å². The van der Waals surface area contributed by atoms with E-state index < -0.39 is 0 Å². The van der Waals surface area contributed by atoms with Gasteiger partial charge in [-0.1, -0.05) is 22.9 Å². The number of rotatable bonds is 3. The minimum Gasteiger partial charge on any atom is -0.462 e. The van der Waals surface area contributed by atoms with Crippen LogP contribution in [0.3, 0.4) is 0 Å². The molecule has 0 bridgehead atoms. The molecule has 0 amide bonds. The molecule has 1 heterocycles. The first-order valence-corrected chi connectivity index (χ1v) is 6.67. The van der Waals surface area contributed by atoms with Gasteiger partial charge in [0.1, 0.15) is 17.0 Å². The average Bonchev–Trinajstić information content (AvgIpc) is 2.70. The van der Waals surface area contributed by atoms with Crippen molar-refractivity contribution in [3.05, 3.63) is 40.1 Å². The van der Waals surface area contributed by atoms with Crippen LogP contribution in [-0.2, 0) is 4.74 Å². The van der Waals surface area contributed by atoms with Crippen molar-refractivity contribution in [2.75, 3.05) is 6.61 Å². The molecule has 1 aromatic heterocycles. The highest BCUT2D eigenvalue weighted by Crippen LogP contribution is 2.32. The van der Waals surface area contributed by atoms with Gasteiger partial charge >= 0.3 is 5.97 Å². The normalized spacial score (nSPS) is 10.7. The van der Waals surface area contributed by atoms with Gasteiger partial charge in [-0.05, 0) is 45.7 Å². The third-order valence-electron chi connectivity index (χ3n) is 3.26. The fourth-order valence-electron chi connectivity index (χ4n) is 2.54. The van der Waals surface area contributed by atoms with Gasteiger partial charge in [0, 0.05) is 5.56 Å². The summed E-state index contributed by atoms with van der Waals surface area (Å²) in [6.07, 6.45) is 0. The van der Waals surface area contributed by atoms with Gasteiger partial charge in [-0.2, -0.15) is 0 Å². The van der Waals surface area contributed by atoms with E-state index in [0.717, 1.165) is 16.7 Å². The van der Waals surface area contributed by atoms with Crippen molar-refractivity contribution in [3.63, 3.8) is 0 Å². The van der Waals surface area contributed by atoms with E-state index in [1.807, 2.05) is 20.8 Å². The number of hydrogen-bond donors (Lipinski definition) is 0. The Hall–Kier alpha value is -2.10. The van der Waals surface area contributed by atoms with E-state index in [2.05, 4.69) is 17.3 Å². The molecule has 0 fully saturated rings. The summed E-state index contributed by atoms with van der Waals surface area (Å²) in [7, 11) is 0. The number of aryl methyl sites for hydroxylation is 4. The van der Waals surface area contributed by atoms with E-state index in [1.54, 1.807) is 13.8 Å². The highest BCUT2D eigenvalue weighted by molar-refractivity contribution is 5.97. The Morgan fingerprint density at radius 3 is 2.35 bits per heavy atom. The molecule has 106 valence electrons. The monoisotopic (exact) mass is 273 g/mol. The minimum absolute atomic E-state index is 0.328. The van der Waals surface area contributed by atoms with E-state index in [4.69, 9.17) is 9.26 Å². The van der Waals surface area contributed by atoms with Gasteiger partial charge in [-0.3, -0.25) is 0 Å². The summed E-state index contributed by atoms with van der Waals surface area (Å²) >= 11 is 0. The Morgan fingerprint density at radius 1 is 1.20 bits per heavy atom. The first kappa shape index (κ1) is 14.3. The summed E-state index contributed by atoms with van der Waals surface area (Å²) in [5.74, 6) is 0.0958. The van der Waals surface area contributed by atoms with Crippen LogP contribution in [0, 0.1) is 27.7 Å². The first-order chi connectivity index (χ1) is 9.45. The zero-order valence-corrected chi connectivity index (χ0v) is 12.5. The number of carbonyl (C=O) groups excluding carboxylic acids is 1. The summed E-state index contributed by atoms with van der Waals surface area (Å²) in [5.41, 5.74) is 5.25. The largest absolute Gasteiger partial charge is 0.462 e. The molecule has 0 saturated heterocycles. The van der Waals surface area contributed by atoms with Gasteiger partial charge in [-0.15, -0.1) is 0 Å². The van der Waals surface area contributed by atoms with Crippen LogP contribution in [0.4, 0.5) is 0 Å². The van der Waals surface area contributed by atoms with Gasteiger partial charge in [0.15, 0.2) is 0 Å². The second-order valence-electron chi connectivity index (χ2n) is 4.96. The number of hydrogen-bond acceptors (Lipinski definition) is 4. The number of benzene rings is 1. The topological polar surface area (TPSA) is 52.3 Å². The lowest BCUT2D eigenvalue weighted by Gasteiger charge is -2.10. The standard InChI is InChI=1S/C16H19NO3/c1-6-19-16(18)14-12(5)20-17-15(14)13-10(3)7-9(2)8-11(13)4/h7-8H,6H2,1-5H3. The van der Waals surface area contributed by atoms with Crippen LogP contribution in [0.15, 0.2) is 16.7 Å². The third kappa shape index (κ3) is 2.46. The van der Waals surface area contributed by atoms with Crippen LogP contribution in [-0.4, -0.2) is 17.7 Å². The zero-order valence-electron chi connectivity index (χ0n) is 12.5. The molecule has 0 aliphatic heterocycles. The molecule has 0 N–H and O–H groups in total. The Kier molecular flexibility index (Phi) is 3.93. The van der Waals surface area contributed by atoms with Crippen molar-refractivity contribution in [1.82, 2.24) is 5.16 Å². The van der Waals surface area contributed by atoms with Gasteiger partial charge < -0.3 is 9.26 Å². The van der Waals surface area contributed by atoms with E-state index in [-0.39, 0.29) is 5.97 Å². The van der Waals surface area contributed by atoms with Crippen LogP contribution in [0.1, 0.15) is 39.7 Å². The van der Waals surface area contributed by atoms with Crippen molar-refractivity contribution in [2.45, 2.75) is 34.6 Å². The van der Waals surface area contributed by atoms with Crippen LogP contribution < -0.4 is 0 Å². The molecule has 0 radical (unpaired) electrons. The maximum absolute atomic E-state index is 12.1. The van der Waals surface area contributed by atoms with Crippen molar-refractivity contribution in [1.29, 1.82) is 0 Å². The molecule has 4 heteroatoms. The smallest absolute Gasteiger partial charge is 0.344 e. The molecule has 0 unspecified atom stereocenters. The molecule has 0 saturated carbocycles. The molecule has 2 aromatic rings. The number of carbonyl (C=O) groups is 1. The van der Waals surface area contributed by atoms with Crippen LogP contribution in [0.2, 0.25) is 0 Å². The van der Waals surface area contributed by atoms with E-state index in [9.17, 15) is 4.79 Å². The zero-order chi connectivity index (χ0) is 14.9. The van der Waals surface area contributed by atoms with Gasteiger partial charge in [0.2, 0.25) is 0 Å². The molecule has 0 aliphatic carbocycles. The number of nitrogens with zero attached hydrogens (tertiary/aromatic N) is 1. The summed E-state index contributed by atoms with van der Waals surface area (Å²) in [4.78, 5) is 12.1. The Labute approximate surface area is 118 Å². The van der Waals surface area contributed by atoms with Crippen LogP contribution >= 0.6 is 0 Å². The quantitative estimate of drug-likeness (QED) is 0.799. The fourth-order valence-corrected chi connectivity index (χ4v) is 2.54. The van der Waals surface area contributed by atoms with Crippen molar-refractivity contribution in [3.8, 4) is 11.3 Å². The second kappa shape index (κ2) is 5.49. The number of esters is 1. The summed E-state index contributed by atoms with van der Waals surface area (Å²) < 4.78 is 10.3. The predicted octanol–water partition coefficient (Wildman–Crippen LogP) is 3.75. The highest BCUT2D eigenvalue weighted by Gasteiger charge is 2.24. The second-order valence-corrected chi connectivity index (χ2v) is 4.96. The average molecular weight is 273 g/mol. The van der Waals surface area contributed by atoms with Gasteiger partial charge in [0.25, 0.3) is 0 Å². The maximum Gasteiger partial charge on any atom is 0.344 e. The van der Waals surface area contributed by atoms with Crippen LogP contribution in [0.25, 0.3) is 11.3 Å². The van der Waals surface area contributed by atoms with E-state index >= 15 is 0 Å². The Balaban J connectivity index is 2.63. The van der Waals surface area contributed by atoms with Crippen LogP contribution in [0.5, 0.6) is 0 Å². The molecule has 20 heavy (non-hydrogen) atoms. The van der Waals surface area contributed by atoms with Crippen molar-refractivity contribution >= 4 is 5.97 Å². The molecular formula is C16H19NO3. The summed E-state index contributed by atoms with van der Waals surface area (Å²) in [5, 5.41) is 4.06. The molecule has 0 spiro atoms. The third-order valence-corrected chi connectivity index (χ3v) is 3.26. The minimum atomic E-state index is -0.388. The SMILES string of the molecule is CCOC(=O)c1c(-c2c(C)cc(C)cc2C)noc1C. The first-order valence-electron chi connectivity index (χ1n) is 6.67. The summed E-state index contributed by atoms with van der Waals surface area (Å²) in [6, 6.07) is 4.14. The lowest BCUT2D eigenvalue weighted by Crippen LogP contribution is -2.07. The molecule has 1 aromatic carbocycles. The molecule has 0 aliphatic rings. The lowest BCUT2D eigenvalue weighted by atomic mass is 9.95. The number of aromatic nitrogens is 1. The van der Waals surface area contributed by atoms with E-state index in [1.165, 1.54) is 5.56 Å². The highest BCUT2D eigenvalue weighted by atomic mass is 16.5. The molecule has 4 nitrogen and oxygen atoms in total. The Morgan fingerprint density at radius 2 is 1.80 bits per heavy atom. The Bertz CT molecular complexity index is 633. The lowest BCUT2D eigenvalue weighted by molar-refractivity contribution is 0.0525.